The molecular weight excluding hydrogens is 681 g/mol. The molecule has 13 rings (SSSR count). The lowest BCUT2D eigenvalue weighted by Crippen LogP contribution is -2.31. The molecule has 0 aliphatic heterocycles. The molecule has 1 spiro atoms. The fraction of sp³-hybridized carbons (Fsp3) is 0.0189. The van der Waals surface area contributed by atoms with Gasteiger partial charge in [-0.3, -0.25) is 0 Å². The van der Waals surface area contributed by atoms with Crippen LogP contribution in [0.15, 0.2) is 199 Å². The number of hydrogen-bond donors (Lipinski definition) is 0. The van der Waals surface area contributed by atoms with E-state index in [-0.39, 0.29) is 0 Å². The fourth-order valence-corrected chi connectivity index (χ4v) is 10.5. The summed E-state index contributed by atoms with van der Waals surface area (Å²) in [7, 11) is 0. The van der Waals surface area contributed by atoms with Crippen LogP contribution in [0.5, 0.6) is 0 Å². The van der Waals surface area contributed by atoms with Crippen molar-refractivity contribution in [1.29, 1.82) is 0 Å². The Morgan fingerprint density at radius 2 is 1.00 bits per heavy atom. The van der Waals surface area contributed by atoms with Gasteiger partial charge in [-0.15, -0.1) is 0 Å². The second-order valence-corrected chi connectivity index (χ2v) is 15.2. The van der Waals surface area contributed by atoms with Crippen molar-refractivity contribution in [2.45, 2.75) is 5.41 Å². The summed E-state index contributed by atoms with van der Waals surface area (Å²) in [4.78, 5) is 2.41. The molecule has 2 aliphatic rings. The van der Waals surface area contributed by atoms with E-state index >= 15 is 0 Å². The van der Waals surface area contributed by atoms with Crippen molar-refractivity contribution in [2.24, 2.45) is 0 Å². The molecule has 260 valence electrons. The molecule has 0 amide bonds. The zero-order chi connectivity index (χ0) is 36.5. The molecule has 0 saturated carbocycles. The molecule has 56 heavy (non-hydrogen) atoms. The molecule has 3 nitrogen and oxygen atoms in total. The zero-order valence-electron chi connectivity index (χ0n) is 30.3. The van der Waals surface area contributed by atoms with Crippen LogP contribution >= 0.6 is 0 Å². The van der Waals surface area contributed by atoms with Crippen molar-refractivity contribution in [2.75, 3.05) is 4.90 Å². The lowest BCUT2D eigenvalue weighted by atomic mass is 9.63. The number of benzene rings is 9. The summed E-state index contributed by atoms with van der Waals surface area (Å²) in [5.74, 6) is 0. The average molecular weight is 713 g/mol. The summed E-state index contributed by atoms with van der Waals surface area (Å²) in [6, 6.07) is 71.2. The summed E-state index contributed by atoms with van der Waals surface area (Å²) in [6.45, 7) is 0. The topological polar surface area (TPSA) is 21.3 Å². The van der Waals surface area contributed by atoms with Gasteiger partial charge in [0.1, 0.15) is 11.2 Å². The molecule has 0 radical (unpaired) electrons. The van der Waals surface area contributed by atoms with Gasteiger partial charge in [-0.1, -0.05) is 127 Å². The molecule has 0 N–H and O–H groups in total. The molecule has 9 aromatic carbocycles. The van der Waals surface area contributed by atoms with Gasteiger partial charge in [-0.2, -0.15) is 0 Å². The molecule has 0 bridgehead atoms. The van der Waals surface area contributed by atoms with Crippen LogP contribution in [0.2, 0.25) is 0 Å². The van der Waals surface area contributed by atoms with Crippen LogP contribution in [-0.2, 0) is 5.41 Å². The Morgan fingerprint density at radius 3 is 1.75 bits per heavy atom. The van der Waals surface area contributed by atoms with Crippen molar-refractivity contribution in [3.05, 3.63) is 216 Å². The number of para-hydroxylation sites is 3. The Balaban J connectivity index is 1.23. The minimum Gasteiger partial charge on any atom is -0.456 e. The molecule has 2 aromatic heterocycles. The van der Waals surface area contributed by atoms with Gasteiger partial charge < -0.3 is 13.9 Å². The van der Waals surface area contributed by atoms with Gasteiger partial charge in [-0.05, 0) is 111 Å². The van der Waals surface area contributed by atoms with Gasteiger partial charge >= 0.3 is 0 Å². The average Bonchev–Trinajstić information content (AvgIpc) is 3.91. The van der Waals surface area contributed by atoms with E-state index in [4.69, 9.17) is 4.42 Å². The predicted octanol–water partition coefficient (Wildman–Crippen LogP) is 14.0. The monoisotopic (exact) mass is 712 g/mol. The summed E-state index contributed by atoms with van der Waals surface area (Å²) in [6.07, 6.45) is 0. The van der Waals surface area contributed by atoms with Crippen LogP contribution in [0.4, 0.5) is 17.1 Å². The van der Waals surface area contributed by atoms with E-state index in [1.807, 2.05) is 0 Å². The molecule has 2 aliphatic carbocycles. The van der Waals surface area contributed by atoms with Gasteiger partial charge in [-0.25, -0.2) is 0 Å². The SMILES string of the molecule is c1ccc(N(c2ccccc2)c2cc3c4c(ccc5c4c4c(cccc4n5-c4cccc5oc6ccccc6c45)C34c3ccccc3-c3ccccc34)c2)cc1. The highest BCUT2D eigenvalue weighted by Crippen LogP contribution is 2.63. The number of furan rings is 1. The van der Waals surface area contributed by atoms with Crippen LogP contribution in [0.25, 0.3) is 71.3 Å². The third kappa shape index (κ3) is 3.67. The highest BCUT2D eigenvalue weighted by atomic mass is 16.3. The van der Waals surface area contributed by atoms with E-state index in [1.54, 1.807) is 0 Å². The molecule has 3 heteroatoms. The van der Waals surface area contributed by atoms with Gasteiger partial charge in [0.15, 0.2) is 0 Å². The Kier molecular flexibility index (Phi) is 5.83. The van der Waals surface area contributed by atoms with Gasteiger partial charge in [0.2, 0.25) is 0 Å². The van der Waals surface area contributed by atoms with Crippen molar-refractivity contribution in [3.63, 3.8) is 0 Å². The van der Waals surface area contributed by atoms with Crippen LogP contribution < -0.4 is 4.90 Å². The van der Waals surface area contributed by atoms with E-state index in [9.17, 15) is 0 Å². The highest BCUT2D eigenvalue weighted by molar-refractivity contribution is 6.27. The first kappa shape index (κ1) is 30.0. The minimum atomic E-state index is -0.554. The van der Waals surface area contributed by atoms with E-state index in [0.717, 1.165) is 44.7 Å². The molecule has 0 fully saturated rings. The number of nitrogens with zero attached hydrogens (tertiary/aromatic N) is 2. The van der Waals surface area contributed by atoms with Gasteiger partial charge in [0, 0.05) is 33.2 Å². The molecule has 0 saturated heterocycles. The number of rotatable bonds is 4. The lowest BCUT2D eigenvalue weighted by molar-refractivity contribution is 0.669. The van der Waals surface area contributed by atoms with Crippen LogP contribution in [-0.4, -0.2) is 4.57 Å². The standard InChI is InChI=1S/C53H32N2O/c1-3-15-34(16-4-1)54(35-17-5-2-6-18-35)36-31-33-29-30-46-52-49(33)43(32-36)53(40-22-10-7-19-37(40)38-20-8-11-23-41(38)53)42-24-13-25-45(51(42)52)55(46)44-26-14-28-48-50(44)39-21-9-12-27-47(39)56-48/h1-32H. The quantitative estimate of drug-likeness (QED) is 0.181. The Bertz CT molecular complexity index is 3340. The third-order valence-electron chi connectivity index (χ3n) is 12.5. The van der Waals surface area contributed by atoms with Crippen LogP contribution in [0, 0.1) is 0 Å². The minimum absolute atomic E-state index is 0.554. The third-order valence-corrected chi connectivity index (χ3v) is 12.5. The number of aromatic nitrogens is 1. The van der Waals surface area contributed by atoms with Crippen molar-refractivity contribution in [3.8, 4) is 16.8 Å². The summed E-state index contributed by atoms with van der Waals surface area (Å²) in [5.41, 5.74) is 16.0. The molecule has 2 heterocycles. The van der Waals surface area contributed by atoms with E-state index in [1.165, 1.54) is 66.0 Å². The van der Waals surface area contributed by atoms with Crippen molar-refractivity contribution in [1.82, 2.24) is 4.57 Å². The summed E-state index contributed by atoms with van der Waals surface area (Å²) < 4.78 is 8.97. The normalized spacial score (nSPS) is 13.5. The Labute approximate surface area is 322 Å². The molecular formula is C53H32N2O. The highest BCUT2D eigenvalue weighted by Gasteiger charge is 2.50. The fourth-order valence-electron chi connectivity index (χ4n) is 10.5. The van der Waals surface area contributed by atoms with E-state index in [0.29, 0.717) is 0 Å². The number of hydrogen-bond acceptors (Lipinski definition) is 2. The second kappa shape index (κ2) is 10.9. The maximum atomic E-state index is 6.46. The molecule has 0 unspecified atom stereocenters. The largest absolute Gasteiger partial charge is 0.456 e. The maximum absolute atomic E-state index is 6.46. The summed E-state index contributed by atoms with van der Waals surface area (Å²) in [5, 5.41) is 7.41. The second-order valence-electron chi connectivity index (χ2n) is 15.2. The van der Waals surface area contributed by atoms with Crippen LogP contribution in [0.1, 0.15) is 22.3 Å². The predicted molar refractivity (Wildman–Crippen MR) is 231 cm³/mol. The first-order valence-electron chi connectivity index (χ1n) is 19.4. The molecule has 11 aromatic rings. The Morgan fingerprint density at radius 1 is 0.393 bits per heavy atom. The zero-order valence-corrected chi connectivity index (χ0v) is 30.3. The van der Waals surface area contributed by atoms with E-state index < -0.39 is 5.41 Å². The first-order chi connectivity index (χ1) is 27.8. The maximum Gasteiger partial charge on any atom is 0.137 e. The Hall–Kier alpha value is -7.36. The smallest absolute Gasteiger partial charge is 0.137 e. The van der Waals surface area contributed by atoms with Crippen LogP contribution in [0.3, 0.4) is 0 Å². The van der Waals surface area contributed by atoms with Crippen molar-refractivity contribution >= 4 is 71.6 Å². The van der Waals surface area contributed by atoms with Gasteiger partial charge in [0.05, 0.1) is 27.5 Å². The van der Waals surface area contributed by atoms with Gasteiger partial charge in [0.25, 0.3) is 0 Å². The van der Waals surface area contributed by atoms with E-state index in [2.05, 4.69) is 204 Å². The lowest BCUT2D eigenvalue weighted by Gasteiger charge is -2.39. The summed E-state index contributed by atoms with van der Waals surface area (Å²) >= 11 is 0. The number of fused-ring (bicyclic) bond motifs is 10. The first-order valence-corrected chi connectivity index (χ1v) is 19.4. The van der Waals surface area contributed by atoms with Crippen molar-refractivity contribution < 1.29 is 4.42 Å². The molecule has 0 atom stereocenters. The number of anilines is 3.